The van der Waals surface area contributed by atoms with Gasteiger partial charge in [0.2, 0.25) is 5.91 Å². The zero-order valence-corrected chi connectivity index (χ0v) is 26.4. The van der Waals surface area contributed by atoms with Crippen LogP contribution in [-0.2, 0) is 9.22 Å². The Morgan fingerprint density at radius 3 is 2.37 bits per heavy atom. The Bertz CT molecular complexity index is 1150. The summed E-state index contributed by atoms with van der Waals surface area (Å²) >= 11 is 13.2. The minimum atomic E-state index is -1.80. The van der Waals surface area contributed by atoms with Crippen molar-refractivity contribution in [3.63, 3.8) is 0 Å². The highest BCUT2D eigenvalue weighted by Gasteiger charge is 2.59. The Labute approximate surface area is 239 Å². The smallest absolute Gasteiger partial charge is 0.226 e. The molecule has 208 valence electrons. The van der Waals surface area contributed by atoms with Crippen molar-refractivity contribution in [3.8, 4) is 5.75 Å². The first kappa shape index (κ1) is 29.4. The van der Waals surface area contributed by atoms with Crippen LogP contribution in [0.1, 0.15) is 76.8 Å². The second kappa shape index (κ2) is 11.2. The quantitative estimate of drug-likeness (QED) is 0.253. The molecular weight excluding hydrogens is 533 g/mol. The molecule has 1 N–H and O–H groups in total. The predicted octanol–water partition coefficient (Wildman–Crippen LogP) is 8.59. The zero-order chi connectivity index (χ0) is 27.9. The lowest BCUT2D eigenvalue weighted by molar-refractivity contribution is -0.131. The molecule has 1 aliphatic carbocycles. The normalized spacial score (nSPS) is 27.7. The second-order valence-corrected chi connectivity index (χ2v) is 18.3. The van der Waals surface area contributed by atoms with Crippen molar-refractivity contribution in [1.29, 1.82) is 0 Å². The minimum Gasteiger partial charge on any atom is -0.491 e. The lowest BCUT2D eigenvalue weighted by Crippen LogP contribution is -2.43. The van der Waals surface area contributed by atoms with Crippen LogP contribution in [0.15, 0.2) is 42.5 Å². The lowest BCUT2D eigenvalue weighted by Gasteiger charge is -2.47. The van der Waals surface area contributed by atoms with Gasteiger partial charge in [-0.25, -0.2) is 0 Å². The fourth-order valence-electron chi connectivity index (χ4n) is 6.47. The fraction of sp³-hybridized carbons (Fsp3) is 0.581. The van der Waals surface area contributed by atoms with E-state index in [0.29, 0.717) is 23.3 Å². The van der Waals surface area contributed by atoms with Gasteiger partial charge >= 0.3 is 0 Å². The molecule has 1 amide bonds. The molecule has 0 bridgehead atoms. The zero-order valence-electron chi connectivity index (χ0n) is 23.9. The van der Waals surface area contributed by atoms with E-state index in [1.54, 1.807) is 0 Å². The average molecular weight is 577 g/mol. The van der Waals surface area contributed by atoms with Crippen molar-refractivity contribution in [3.05, 3.63) is 63.6 Å². The van der Waals surface area contributed by atoms with E-state index in [0.717, 1.165) is 30.6 Å². The van der Waals surface area contributed by atoms with Crippen LogP contribution in [-0.4, -0.2) is 33.5 Å². The third-order valence-electron chi connectivity index (χ3n) is 9.59. The first-order valence-electron chi connectivity index (χ1n) is 13.9. The maximum atomic E-state index is 13.2. The van der Waals surface area contributed by atoms with Gasteiger partial charge in [-0.05, 0) is 91.5 Å². The monoisotopic (exact) mass is 575 g/mol. The van der Waals surface area contributed by atoms with Gasteiger partial charge in [0.05, 0.1) is 12.0 Å². The number of carbonyl (C=O) groups excluding carboxylic acids is 1. The van der Waals surface area contributed by atoms with Gasteiger partial charge < -0.3 is 14.5 Å². The number of hydrogen-bond acceptors (Lipinski definition) is 3. The van der Waals surface area contributed by atoms with Crippen molar-refractivity contribution in [2.45, 2.75) is 89.9 Å². The predicted molar refractivity (Wildman–Crippen MR) is 160 cm³/mol. The van der Waals surface area contributed by atoms with Gasteiger partial charge in [-0.3, -0.25) is 4.79 Å². The molecule has 2 aliphatic rings. The lowest BCUT2D eigenvalue weighted by atomic mass is 9.54. The van der Waals surface area contributed by atoms with Crippen molar-refractivity contribution in [2.75, 3.05) is 13.2 Å². The molecule has 2 fully saturated rings. The van der Waals surface area contributed by atoms with Gasteiger partial charge in [-0.2, -0.15) is 0 Å². The Morgan fingerprint density at radius 1 is 1.08 bits per heavy atom. The number of carbonyl (C=O) groups is 1. The molecule has 38 heavy (non-hydrogen) atoms. The number of rotatable bonds is 8. The largest absolute Gasteiger partial charge is 0.491 e. The summed E-state index contributed by atoms with van der Waals surface area (Å²) in [5.74, 6) is 1.48. The molecule has 1 aliphatic heterocycles. The Kier molecular flexibility index (Phi) is 8.64. The maximum absolute atomic E-state index is 13.2. The fourth-order valence-corrected chi connectivity index (χ4v) is 7.93. The number of nitrogens with one attached hydrogen (secondary N) is 1. The first-order chi connectivity index (χ1) is 17.8. The Morgan fingerprint density at radius 2 is 1.76 bits per heavy atom. The van der Waals surface area contributed by atoms with E-state index in [1.807, 2.05) is 24.3 Å². The number of ether oxygens (including phenoxy) is 1. The number of fused-ring (bicyclic) bond motifs is 1. The molecule has 1 saturated carbocycles. The summed E-state index contributed by atoms with van der Waals surface area (Å²) in [7, 11) is -1.80. The summed E-state index contributed by atoms with van der Waals surface area (Å²) in [6, 6.07) is 14.3. The summed E-state index contributed by atoms with van der Waals surface area (Å²) in [6.07, 6.45) is 2.60. The van der Waals surface area contributed by atoms with Crippen LogP contribution < -0.4 is 10.1 Å². The molecule has 7 heteroatoms. The molecule has 2 aromatic rings. The van der Waals surface area contributed by atoms with E-state index < -0.39 is 8.32 Å². The molecule has 0 unspecified atom stereocenters. The minimum absolute atomic E-state index is 0.0909. The van der Waals surface area contributed by atoms with Crippen LogP contribution in [0, 0.1) is 11.3 Å². The number of amides is 1. The Balaban J connectivity index is 1.57. The highest BCUT2D eigenvalue weighted by atomic mass is 35.5. The van der Waals surface area contributed by atoms with Gasteiger partial charge in [0.1, 0.15) is 12.4 Å². The SMILES string of the molecule is CC[C@@]12CC[C@@H](c3ccc(OCCO[Si](C)(C)C(C)(C)C)cc3Cl)[C@H](c3ccc(Cl)cc3)[C@@H]1[C@@H](C)NC2=O. The number of hydrogen-bond donors (Lipinski definition) is 1. The molecular formula is C31H43Cl2NO3Si. The van der Waals surface area contributed by atoms with Gasteiger partial charge in [0.15, 0.2) is 8.32 Å². The van der Waals surface area contributed by atoms with Crippen molar-refractivity contribution >= 4 is 37.4 Å². The molecule has 2 aromatic carbocycles. The van der Waals surface area contributed by atoms with Crippen LogP contribution >= 0.6 is 23.2 Å². The van der Waals surface area contributed by atoms with Gasteiger partial charge in [0, 0.05) is 22.0 Å². The van der Waals surface area contributed by atoms with Crippen LogP contribution in [0.5, 0.6) is 5.75 Å². The number of benzene rings is 2. The average Bonchev–Trinajstić information content (AvgIpc) is 3.11. The molecule has 4 nitrogen and oxygen atoms in total. The summed E-state index contributed by atoms with van der Waals surface area (Å²) in [6.45, 7) is 16.6. The third-order valence-corrected chi connectivity index (χ3v) is 14.7. The standard InChI is InChI=1S/C31H43Cl2NO3Si/c1-8-31-16-15-25(27(21-9-11-22(32)12-10-21)28(31)20(2)34-29(31)35)24-14-13-23(19-26(24)33)36-17-18-37-38(6,7)30(3,4)5/h9-14,19-20,25,27-28H,8,15-18H2,1-7H3,(H,34,35)/t20-,25+,27+,28+,31-/m1/s1. The van der Waals surface area contributed by atoms with E-state index >= 15 is 0 Å². The summed E-state index contributed by atoms with van der Waals surface area (Å²) in [4.78, 5) is 13.2. The van der Waals surface area contributed by atoms with Crippen LogP contribution in [0.3, 0.4) is 0 Å². The second-order valence-electron chi connectivity index (χ2n) is 12.7. The summed E-state index contributed by atoms with van der Waals surface area (Å²) in [5, 5.41) is 4.88. The van der Waals surface area contributed by atoms with Crippen molar-refractivity contribution in [1.82, 2.24) is 5.32 Å². The molecule has 1 saturated heterocycles. The van der Waals surface area contributed by atoms with Gasteiger partial charge in [0.25, 0.3) is 0 Å². The van der Waals surface area contributed by atoms with E-state index in [4.69, 9.17) is 32.4 Å². The molecule has 0 radical (unpaired) electrons. The summed E-state index contributed by atoms with van der Waals surface area (Å²) in [5.41, 5.74) is 1.98. The maximum Gasteiger partial charge on any atom is 0.226 e. The summed E-state index contributed by atoms with van der Waals surface area (Å²) < 4.78 is 12.3. The van der Waals surface area contributed by atoms with Gasteiger partial charge in [-0.15, -0.1) is 0 Å². The molecule has 1 heterocycles. The molecule has 4 rings (SSSR count). The highest BCUT2D eigenvalue weighted by Crippen LogP contribution is 2.60. The van der Waals surface area contributed by atoms with E-state index in [1.165, 1.54) is 5.56 Å². The molecule has 0 aromatic heterocycles. The molecule has 5 atom stereocenters. The van der Waals surface area contributed by atoms with E-state index in [2.05, 4.69) is 71.2 Å². The van der Waals surface area contributed by atoms with Crippen molar-refractivity contribution < 1.29 is 14.0 Å². The van der Waals surface area contributed by atoms with E-state index in [9.17, 15) is 4.79 Å². The molecule has 0 spiro atoms. The highest BCUT2D eigenvalue weighted by molar-refractivity contribution is 6.74. The topological polar surface area (TPSA) is 47.6 Å². The van der Waals surface area contributed by atoms with Crippen LogP contribution in [0.25, 0.3) is 0 Å². The third kappa shape index (κ3) is 5.54. The van der Waals surface area contributed by atoms with Crippen LogP contribution in [0.2, 0.25) is 28.2 Å². The Hall–Kier alpha value is -1.53. The first-order valence-corrected chi connectivity index (χ1v) is 17.6. The van der Waals surface area contributed by atoms with Crippen molar-refractivity contribution in [2.24, 2.45) is 11.3 Å². The van der Waals surface area contributed by atoms with E-state index in [-0.39, 0.29) is 40.2 Å². The number of halogens is 2. The van der Waals surface area contributed by atoms with Crippen LogP contribution in [0.4, 0.5) is 0 Å². The van der Waals surface area contributed by atoms with Gasteiger partial charge in [-0.1, -0.05) is 69.1 Å².